The second kappa shape index (κ2) is 10.8. The number of aromatic amines is 1. The molecule has 3 rings (SSSR count). The molecule has 0 aromatic carbocycles. The molecule has 1 amide bonds. The first-order valence-electron chi connectivity index (χ1n) is 10.9. The van der Waals surface area contributed by atoms with E-state index in [0.717, 1.165) is 0 Å². The number of imidazole rings is 1. The molecule has 174 valence electrons. The maximum atomic E-state index is 14.3. The Balaban J connectivity index is 1.81. The zero-order chi connectivity index (χ0) is 24.0. The van der Waals surface area contributed by atoms with Crippen molar-refractivity contribution in [1.29, 1.82) is 0 Å². The van der Waals surface area contributed by atoms with E-state index in [4.69, 9.17) is 0 Å². The molecule has 0 spiro atoms. The standard InChI is InChI=1S/C24H28FN5O3/c1-15(2)12-19-23-22(17(25)13-26-19)28-20(29-23)14-30-16(3)9-10-18(24(30)33)27-21(32)8-6-4-5-7-11-31/h5,7,9-11,13,15H,4,6,8,12,14H2,1-3H3,(H,27,32)(H,28,29)/b7-5+. The molecule has 9 heteroatoms. The fourth-order valence-electron chi connectivity index (χ4n) is 3.53. The minimum atomic E-state index is -0.496. The summed E-state index contributed by atoms with van der Waals surface area (Å²) in [5.74, 6) is -0.0170. The van der Waals surface area contributed by atoms with Gasteiger partial charge in [0.05, 0.1) is 18.4 Å². The van der Waals surface area contributed by atoms with E-state index in [9.17, 15) is 18.8 Å². The summed E-state index contributed by atoms with van der Waals surface area (Å²) < 4.78 is 15.8. The van der Waals surface area contributed by atoms with E-state index in [1.807, 2.05) is 0 Å². The maximum absolute atomic E-state index is 14.3. The van der Waals surface area contributed by atoms with Gasteiger partial charge in [-0.05, 0) is 50.3 Å². The molecule has 0 saturated heterocycles. The molecule has 0 aliphatic rings. The highest BCUT2D eigenvalue weighted by Crippen LogP contribution is 2.21. The van der Waals surface area contributed by atoms with Crippen LogP contribution >= 0.6 is 0 Å². The molecule has 3 heterocycles. The molecule has 3 aromatic rings. The fourth-order valence-corrected chi connectivity index (χ4v) is 3.53. The highest BCUT2D eigenvalue weighted by atomic mass is 19.1. The minimum Gasteiger partial charge on any atom is -0.338 e. The van der Waals surface area contributed by atoms with E-state index in [1.165, 1.54) is 16.8 Å². The van der Waals surface area contributed by atoms with E-state index in [1.54, 1.807) is 25.1 Å². The van der Waals surface area contributed by atoms with Crippen LogP contribution in [-0.2, 0) is 22.6 Å². The van der Waals surface area contributed by atoms with E-state index in [-0.39, 0.29) is 35.6 Å². The lowest BCUT2D eigenvalue weighted by atomic mass is 10.1. The van der Waals surface area contributed by atoms with E-state index in [0.29, 0.717) is 54.2 Å². The second-order valence-corrected chi connectivity index (χ2v) is 8.34. The van der Waals surface area contributed by atoms with Crippen LogP contribution in [0.25, 0.3) is 11.0 Å². The van der Waals surface area contributed by atoms with Crippen LogP contribution in [0.3, 0.4) is 0 Å². The number of rotatable bonds is 10. The third-order valence-corrected chi connectivity index (χ3v) is 5.16. The van der Waals surface area contributed by atoms with Crippen LogP contribution in [0.5, 0.6) is 0 Å². The molecule has 0 aliphatic heterocycles. The van der Waals surface area contributed by atoms with Crippen molar-refractivity contribution in [2.45, 2.75) is 53.0 Å². The van der Waals surface area contributed by atoms with Crippen molar-refractivity contribution in [3.63, 3.8) is 0 Å². The zero-order valence-corrected chi connectivity index (χ0v) is 19.0. The number of carbonyl (C=O) groups excluding carboxylic acids is 2. The number of aromatic nitrogens is 4. The monoisotopic (exact) mass is 453 g/mol. The number of nitrogens with zero attached hydrogens (tertiary/aromatic N) is 3. The summed E-state index contributed by atoms with van der Waals surface area (Å²) >= 11 is 0. The second-order valence-electron chi connectivity index (χ2n) is 8.34. The number of fused-ring (bicyclic) bond motifs is 1. The van der Waals surface area contributed by atoms with Gasteiger partial charge in [0.2, 0.25) is 5.91 Å². The Morgan fingerprint density at radius 1 is 1.33 bits per heavy atom. The van der Waals surface area contributed by atoms with Gasteiger partial charge in [0, 0.05) is 12.1 Å². The summed E-state index contributed by atoms with van der Waals surface area (Å²) in [7, 11) is 0. The number of unbranched alkanes of at least 4 members (excludes halogenated alkanes) is 1. The summed E-state index contributed by atoms with van der Waals surface area (Å²) in [6.45, 7) is 5.98. The van der Waals surface area contributed by atoms with Gasteiger partial charge in [-0.1, -0.05) is 19.9 Å². The molecule has 8 nitrogen and oxygen atoms in total. The van der Waals surface area contributed by atoms with Crippen molar-refractivity contribution in [2.75, 3.05) is 5.32 Å². The number of H-pyrrole nitrogens is 1. The van der Waals surface area contributed by atoms with Gasteiger partial charge in [-0.3, -0.25) is 19.4 Å². The van der Waals surface area contributed by atoms with Crippen LogP contribution in [0, 0.1) is 18.7 Å². The van der Waals surface area contributed by atoms with Crippen molar-refractivity contribution in [3.05, 3.63) is 63.9 Å². The fraction of sp³-hybridized carbons (Fsp3) is 0.375. The minimum absolute atomic E-state index is 0.0973. The molecular weight excluding hydrogens is 425 g/mol. The van der Waals surface area contributed by atoms with Crippen LogP contribution in [-0.4, -0.2) is 31.7 Å². The number of allylic oxidation sites excluding steroid dienone is 2. The van der Waals surface area contributed by atoms with E-state index in [2.05, 4.69) is 34.1 Å². The van der Waals surface area contributed by atoms with Gasteiger partial charge in [-0.25, -0.2) is 9.37 Å². The smallest absolute Gasteiger partial charge is 0.274 e. The van der Waals surface area contributed by atoms with Gasteiger partial charge in [-0.2, -0.15) is 0 Å². The van der Waals surface area contributed by atoms with Crippen LogP contribution in [0.15, 0.2) is 35.3 Å². The average Bonchev–Trinajstić information content (AvgIpc) is 3.20. The highest BCUT2D eigenvalue weighted by Gasteiger charge is 2.16. The lowest BCUT2D eigenvalue weighted by Crippen LogP contribution is -2.27. The Morgan fingerprint density at radius 3 is 2.85 bits per heavy atom. The summed E-state index contributed by atoms with van der Waals surface area (Å²) in [6, 6.07) is 3.31. The van der Waals surface area contributed by atoms with Crippen LogP contribution in [0.4, 0.5) is 10.1 Å². The molecule has 0 fully saturated rings. The predicted octanol–water partition coefficient (Wildman–Crippen LogP) is 3.68. The topological polar surface area (TPSA) is 110 Å². The van der Waals surface area contributed by atoms with E-state index < -0.39 is 5.82 Å². The number of nitrogens with one attached hydrogen (secondary N) is 2. The number of hydrogen-bond acceptors (Lipinski definition) is 5. The van der Waals surface area contributed by atoms with Crippen LogP contribution in [0.2, 0.25) is 0 Å². The predicted molar refractivity (Wildman–Crippen MR) is 125 cm³/mol. The first-order valence-corrected chi connectivity index (χ1v) is 10.9. The van der Waals surface area contributed by atoms with Crippen LogP contribution < -0.4 is 10.9 Å². The number of halogens is 1. The van der Waals surface area contributed by atoms with Gasteiger partial charge < -0.3 is 14.9 Å². The molecule has 2 N–H and O–H groups in total. The highest BCUT2D eigenvalue weighted by molar-refractivity contribution is 5.90. The molecule has 33 heavy (non-hydrogen) atoms. The van der Waals surface area contributed by atoms with Crippen molar-refractivity contribution in [3.8, 4) is 0 Å². The van der Waals surface area contributed by atoms with Gasteiger partial charge in [-0.15, -0.1) is 0 Å². The normalized spacial score (nSPS) is 11.5. The summed E-state index contributed by atoms with van der Waals surface area (Å²) in [5, 5.41) is 2.65. The largest absolute Gasteiger partial charge is 0.338 e. The summed E-state index contributed by atoms with van der Waals surface area (Å²) in [5.41, 5.74) is 1.92. The number of hydrogen-bond donors (Lipinski definition) is 2. The molecular formula is C24H28FN5O3. The molecule has 0 saturated carbocycles. The van der Waals surface area contributed by atoms with Crippen LogP contribution in [0.1, 0.15) is 50.3 Å². The van der Waals surface area contributed by atoms with Gasteiger partial charge >= 0.3 is 0 Å². The number of aryl methyl sites for hydroxylation is 1. The Hall–Kier alpha value is -3.62. The maximum Gasteiger partial charge on any atom is 0.274 e. The van der Waals surface area contributed by atoms with Crippen molar-refractivity contribution in [2.24, 2.45) is 5.92 Å². The summed E-state index contributed by atoms with van der Waals surface area (Å²) in [6.07, 6.45) is 7.00. The van der Waals surface area contributed by atoms with E-state index >= 15 is 0 Å². The third kappa shape index (κ3) is 6.00. The molecule has 0 unspecified atom stereocenters. The molecule has 0 aliphatic carbocycles. The molecule has 0 radical (unpaired) electrons. The van der Waals surface area contributed by atoms with Crippen molar-refractivity contribution < 1.29 is 14.0 Å². The van der Waals surface area contributed by atoms with Gasteiger partial charge in [0.15, 0.2) is 5.82 Å². The van der Waals surface area contributed by atoms with Gasteiger partial charge in [0.1, 0.15) is 28.8 Å². The average molecular weight is 454 g/mol. The summed E-state index contributed by atoms with van der Waals surface area (Å²) in [4.78, 5) is 47.2. The third-order valence-electron chi connectivity index (χ3n) is 5.16. The quantitative estimate of drug-likeness (QED) is 0.276. The first-order chi connectivity index (χ1) is 15.8. The molecule has 3 aromatic heterocycles. The number of aldehydes is 1. The lowest BCUT2D eigenvalue weighted by Gasteiger charge is -2.11. The Morgan fingerprint density at radius 2 is 2.12 bits per heavy atom. The molecule has 0 atom stereocenters. The first kappa shape index (κ1) is 24.0. The number of pyridine rings is 2. The Kier molecular flexibility index (Phi) is 7.87. The van der Waals surface area contributed by atoms with Crippen molar-refractivity contribution >= 4 is 28.9 Å². The number of anilines is 1. The zero-order valence-electron chi connectivity index (χ0n) is 19.0. The van der Waals surface area contributed by atoms with Gasteiger partial charge in [0.25, 0.3) is 5.56 Å². The Bertz CT molecular complexity index is 1240. The number of carbonyl (C=O) groups is 2. The SMILES string of the molecule is Cc1ccc(NC(=O)CCC/C=C/C=O)c(=O)n1Cc1nc2c(CC(C)C)ncc(F)c2[nH]1. The number of amides is 1. The Labute approximate surface area is 191 Å². The van der Waals surface area contributed by atoms with Crippen molar-refractivity contribution in [1.82, 2.24) is 19.5 Å². The molecule has 0 bridgehead atoms. The lowest BCUT2D eigenvalue weighted by molar-refractivity contribution is -0.116.